The molecule has 0 saturated heterocycles. The van der Waals surface area contributed by atoms with Gasteiger partial charge >= 0.3 is 0 Å². The van der Waals surface area contributed by atoms with Gasteiger partial charge in [0.05, 0.1) is 19.4 Å². The van der Waals surface area contributed by atoms with E-state index in [1.807, 2.05) is 0 Å². The van der Waals surface area contributed by atoms with Gasteiger partial charge in [-0.25, -0.2) is 4.52 Å². The molecule has 5 nitrogen and oxygen atoms in total. The van der Waals surface area contributed by atoms with Crippen LogP contribution in [0.2, 0.25) is 0 Å². The third-order valence-corrected chi connectivity index (χ3v) is 15.5. The van der Waals surface area contributed by atoms with Crippen molar-refractivity contribution in [2.24, 2.45) is 13.8 Å². The van der Waals surface area contributed by atoms with Crippen LogP contribution < -0.4 is 5.09 Å². The summed E-state index contributed by atoms with van der Waals surface area (Å²) in [6.07, 6.45) is 0. The maximum atomic E-state index is 5.31. The molecule has 0 amide bonds. The van der Waals surface area contributed by atoms with Crippen molar-refractivity contribution in [3.63, 3.8) is 0 Å². The van der Waals surface area contributed by atoms with E-state index in [0.717, 1.165) is 6.54 Å². The Hall–Kier alpha value is 0.610. The maximum Gasteiger partial charge on any atom is 0.135 e. The molecular formula is C16H41N4OP3. The van der Waals surface area contributed by atoms with Crippen LogP contribution in [-0.4, -0.2) is 64.3 Å². The van der Waals surface area contributed by atoms with Crippen molar-refractivity contribution in [2.75, 3.05) is 53.6 Å². The highest BCUT2D eigenvalue weighted by molar-refractivity contribution is 7.80. The quantitative estimate of drug-likeness (QED) is 0.421. The highest BCUT2D eigenvalue weighted by Crippen LogP contribution is 2.66. The summed E-state index contributed by atoms with van der Waals surface area (Å²) in [5.41, 5.74) is -0.124. The van der Waals surface area contributed by atoms with Gasteiger partial charge < -0.3 is 4.74 Å². The summed E-state index contributed by atoms with van der Waals surface area (Å²) in [5.74, 6) is 0. The fraction of sp³-hybridized carbons (Fsp3) is 1.00. The number of hydrogen-bond donors (Lipinski definition) is 1. The molecule has 0 heterocycles. The molecule has 0 aliphatic rings. The van der Waals surface area contributed by atoms with E-state index in [9.17, 15) is 0 Å². The minimum Gasteiger partial charge on any atom is -0.383 e. The van der Waals surface area contributed by atoms with Crippen molar-refractivity contribution in [1.29, 1.82) is 0 Å². The zero-order valence-electron chi connectivity index (χ0n) is 18.0. The lowest BCUT2D eigenvalue weighted by Crippen LogP contribution is -2.18. The number of nitrogens with one attached hydrogen (secondary N) is 1. The van der Waals surface area contributed by atoms with Gasteiger partial charge in [-0.15, -0.1) is 0 Å². The van der Waals surface area contributed by atoms with Crippen molar-refractivity contribution >= 4 is 21.6 Å². The van der Waals surface area contributed by atoms with E-state index in [1.165, 1.54) is 0 Å². The molecule has 0 aromatic rings. The van der Waals surface area contributed by atoms with Crippen molar-refractivity contribution in [3.8, 4) is 0 Å². The SMILES string of the molecule is COCCNP(C)(N=P(C)(C)N=P(C)(C)C(C)(C)C)=NC(C)(C)C. The predicted molar refractivity (Wildman–Crippen MR) is 117 cm³/mol. The molecule has 0 rings (SSSR count). The third kappa shape index (κ3) is 9.35. The largest absolute Gasteiger partial charge is 0.383 e. The van der Waals surface area contributed by atoms with Crippen molar-refractivity contribution in [3.05, 3.63) is 0 Å². The smallest absolute Gasteiger partial charge is 0.135 e. The Morgan fingerprint density at radius 2 is 1.38 bits per heavy atom. The Bertz CT molecular complexity index is 571. The van der Waals surface area contributed by atoms with Gasteiger partial charge in [-0.05, 0) is 59.6 Å². The predicted octanol–water partition coefficient (Wildman–Crippen LogP) is 6.32. The van der Waals surface area contributed by atoms with Gasteiger partial charge in [-0.1, -0.05) is 20.8 Å². The Kier molecular flexibility index (Phi) is 8.75. The molecule has 1 atom stereocenters. The molecular weight excluding hydrogens is 357 g/mol. The van der Waals surface area contributed by atoms with E-state index >= 15 is 0 Å². The van der Waals surface area contributed by atoms with Gasteiger partial charge in [0.15, 0.2) is 0 Å². The first-order chi connectivity index (χ1) is 10.4. The molecule has 1 N–H and O–H groups in total. The molecule has 24 heavy (non-hydrogen) atoms. The lowest BCUT2D eigenvalue weighted by molar-refractivity contribution is 0.204. The fourth-order valence-corrected chi connectivity index (χ4v) is 13.6. The average molecular weight is 398 g/mol. The van der Waals surface area contributed by atoms with Crippen LogP contribution in [0.1, 0.15) is 41.5 Å². The first-order valence-corrected chi connectivity index (χ1v) is 15.8. The van der Waals surface area contributed by atoms with Crippen LogP contribution in [0, 0.1) is 0 Å². The summed E-state index contributed by atoms with van der Waals surface area (Å²) in [6.45, 7) is 25.9. The van der Waals surface area contributed by atoms with Crippen LogP contribution in [0.15, 0.2) is 13.8 Å². The number of ether oxygens (including phenoxy) is 1. The van der Waals surface area contributed by atoms with Crippen molar-refractivity contribution < 1.29 is 4.74 Å². The van der Waals surface area contributed by atoms with Gasteiger partial charge in [0.2, 0.25) is 0 Å². The molecule has 0 aliphatic heterocycles. The summed E-state index contributed by atoms with van der Waals surface area (Å²) in [5, 5.41) is 3.77. The first kappa shape index (κ1) is 24.6. The van der Waals surface area contributed by atoms with Gasteiger partial charge in [0.25, 0.3) is 0 Å². The van der Waals surface area contributed by atoms with Crippen molar-refractivity contribution in [2.45, 2.75) is 52.2 Å². The minimum absolute atomic E-state index is 0.124. The second kappa shape index (κ2) is 8.53. The van der Waals surface area contributed by atoms with E-state index in [4.69, 9.17) is 18.5 Å². The molecule has 0 aliphatic carbocycles. The molecule has 0 bridgehead atoms. The molecule has 146 valence electrons. The average Bonchev–Trinajstić information content (AvgIpc) is 2.21. The zero-order valence-corrected chi connectivity index (χ0v) is 20.7. The van der Waals surface area contributed by atoms with Crippen molar-refractivity contribution in [1.82, 2.24) is 5.09 Å². The van der Waals surface area contributed by atoms with Gasteiger partial charge in [-0.3, -0.25) is 14.3 Å². The maximum absolute atomic E-state index is 5.31. The monoisotopic (exact) mass is 398 g/mol. The summed E-state index contributed by atoms with van der Waals surface area (Å²) in [6, 6.07) is 0. The van der Waals surface area contributed by atoms with E-state index in [1.54, 1.807) is 7.11 Å². The number of rotatable bonds is 6. The lowest BCUT2D eigenvalue weighted by Gasteiger charge is -2.33. The van der Waals surface area contributed by atoms with E-state index in [0.29, 0.717) is 6.61 Å². The summed E-state index contributed by atoms with van der Waals surface area (Å²) in [7, 11) is -3.44. The zero-order chi connectivity index (χ0) is 19.4. The van der Waals surface area contributed by atoms with Crippen LogP contribution in [-0.2, 0) is 4.74 Å². The molecule has 0 spiro atoms. The van der Waals surface area contributed by atoms with Crippen LogP contribution in [0.4, 0.5) is 0 Å². The van der Waals surface area contributed by atoms with Crippen LogP contribution in [0.5, 0.6) is 0 Å². The molecule has 1 unspecified atom stereocenters. The molecule has 0 fully saturated rings. The first-order valence-electron chi connectivity index (χ1n) is 8.46. The van der Waals surface area contributed by atoms with Crippen LogP contribution in [0.3, 0.4) is 0 Å². The second-order valence-corrected chi connectivity index (χ2v) is 19.7. The molecule has 0 radical (unpaired) electrons. The summed E-state index contributed by atoms with van der Waals surface area (Å²) >= 11 is 0. The summed E-state index contributed by atoms with van der Waals surface area (Å²) in [4.78, 5) is 0. The molecule has 0 aromatic heterocycles. The number of hydrogen-bond acceptors (Lipinski definition) is 2. The topological polar surface area (TPSA) is 58.3 Å². The Morgan fingerprint density at radius 1 is 0.875 bits per heavy atom. The highest BCUT2D eigenvalue weighted by atomic mass is 31.2. The van der Waals surface area contributed by atoms with Crippen LogP contribution in [0.25, 0.3) is 0 Å². The normalized spacial score (nSPS) is 16.5. The fourth-order valence-electron chi connectivity index (χ4n) is 2.16. The third-order valence-electron chi connectivity index (χ3n) is 3.69. The van der Waals surface area contributed by atoms with Crippen LogP contribution >= 0.6 is 21.6 Å². The highest BCUT2D eigenvalue weighted by Gasteiger charge is 2.27. The molecule has 0 aromatic carbocycles. The standard InChI is InChI=1S/C16H41N4OP3/c1-15(2,3)18-24(12,17-13-14-21-7)20-23(10,11)19-22(8,9)16(4,5)6/h17H,13-14H2,1-12H3. The second-order valence-electron chi connectivity index (χ2n) is 9.17. The van der Waals surface area contributed by atoms with Gasteiger partial charge in [-0.2, -0.15) is 0 Å². The Balaban J connectivity index is 6.12. The van der Waals surface area contributed by atoms with E-state index in [2.05, 4.69) is 80.0 Å². The number of methoxy groups -OCH3 is 1. The molecule has 8 heteroatoms. The Labute approximate surface area is 151 Å². The van der Waals surface area contributed by atoms with Gasteiger partial charge in [0, 0.05) is 20.3 Å². The van der Waals surface area contributed by atoms with E-state index in [-0.39, 0.29) is 10.7 Å². The molecule has 0 saturated carbocycles. The summed E-state index contributed by atoms with van der Waals surface area (Å²) < 4.78 is 20.8. The Morgan fingerprint density at radius 3 is 1.75 bits per heavy atom. The number of nitrogens with zero attached hydrogens (tertiary/aromatic N) is 3. The minimum atomic E-state index is -1.99. The lowest BCUT2D eigenvalue weighted by atomic mass is 10.1. The van der Waals surface area contributed by atoms with E-state index < -0.39 is 21.6 Å². The van der Waals surface area contributed by atoms with Gasteiger partial charge in [0.1, 0.15) is 7.36 Å².